The van der Waals surface area contributed by atoms with Crippen molar-refractivity contribution in [3.8, 4) is 5.75 Å². The van der Waals surface area contributed by atoms with Crippen LogP contribution in [-0.2, 0) is 11.8 Å². The second-order valence-electron chi connectivity index (χ2n) is 6.05. The zero-order valence-electron chi connectivity index (χ0n) is 13.7. The number of allylic oxidation sites excluding steroid dienone is 4. The Balaban J connectivity index is 2.29. The lowest BCUT2D eigenvalue weighted by Gasteiger charge is -2.39. The molecule has 1 heterocycles. The predicted molar refractivity (Wildman–Crippen MR) is 94.6 cm³/mol. The van der Waals surface area contributed by atoms with E-state index in [1.165, 1.54) is 5.56 Å². The van der Waals surface area contributed by atoms with Crippen LogP contribution in [0.1, 0.15) is 37.1 Å². The maximum atomic E-state index is 10.6. The summed E-state index contributed by atoms with van der Waals surface area (Å²) in [6.45, 7) is 4.32. The quantitative estimate of drug-likeness (QED) is 0.881. The van der Waals surface area contributed by atoms with Crippen molar-refractivity contribution < 1.29 is 5.11 Å². The topological polar surface area (TPSA) is 33.1 Å². The Labute approximate surface area is 138 Å². The van der Waals surface area contributed by atoms with E-state index in [0.717, 1.165) is 24.1 Å². The minimum absolute atomic E-state index is 0.264. The highest BCUT2D eigenvalue weighted by Gasteiger charge is 2.41. The molecule has 2 unspecified atom stereocenters. The van der Waals surface area contributed by atoms with Crippen molar-refractivity contribution in [2.24, 2.45) is 5.92 Å². The number of aromatic nitrogens is 1. The Morgan fingerprint density at radius 3 is 2.70 bits per heavy atom. The third-order valence-electron chi connectivity index (χ3n) is 4.84. The van der Waals surface area contributed by atoms with Crippen LogP contribution in [0.5, 0.6) is 5.75 Å². The summed E-state index contributed by atoms with van der Waals surface area (Å²) in [4.78, 5) is 4.65. The van der Waals surface area contributed by atoms with Gasteiger partial charge in [-0.2, -0.15) is 0 Å². The van der Waals surface area contributed by atoms with Crippen LogP contribution in [0.15, 0.2) is 66.9 Å². The van der Waals surface area contributed by atoms with Gasteiger partial charge in [-0.1, -0.05) is 56.4 Å². The van der Waals surface area contributed by atoms with Crippen molar-refractivity contribution in [2.75, 3.05) is 0 Å². The van der Waals surface area contributed by atoms with Gasteiger partial charge in [0.25, 0.3) is 0 Å². The highest BCUT2D eigenvalue weighted by atomic mass is 16.3. The van der Waals surface area contributed by atoms with Gasteiger partial charge in [-0.25, -0.2) is 0 Å². The molecule has 0 radical (unpaired) electrons. The molecule has 0 bridgehead atoms. The molecule has 2 heteroatoms. The number of phenolic OH excluding ortho intramolecular Hbond substituents is 1. The molecule has 2 atom stereocenters. The number of nitrogens with zero attached hydrogens (tertiary/aromatic N) is 1. The minimum atomic E-state index is -0.417. The van der Waals surface area contributed by atoms with Gasteiger partial charge in [-0.3, -0.25) is 4.98 Å². The van der Waals surface area contributed by atoms with Crippen LogP contribution >= 0.6 is 0 Å². The highest BCUT2D eigenvalue weighted by molar-refractivity contribution is 5.53. The summed E-state index contributed by atoms with van der Waals surface area (Å²) < 4.78 is 0. The molecule has 2 nitrogen and oxygen atoms in total. The van der Waals surface area contributed by atoms with E-state index in [4.69, 9.17) is 0 Å². The van der Waals surface area contributed by atoms with Crippen LogP contribution in [0.25, 0.3) is 0 Å². The van der Waals surface area contributed by atoms with Crippen LogP contribution in [0.3, 0.4) is 0 Å². The van der Waals surface area contributed by atoms with E-state index in [1.807, 2.05) is 30.5 Å². The number of rotatable bonds is 4. The van der Waals surface area contributed by atoms with Crippen molar-refractivity contribution in [1.29, 1.82) is 0 Å². The van der Waals surface area contributed by atoms with Gasteiger partial charge >= 0.3 is 0 Å². The molecule has 0 fully saturated rings. The van der Waals surface area contributed by atoms with Crippen molar-refractivity contribution in [3.05, 3.63) is 83.7 Å². The molecule has 2 aromatic rings. The predicted octanol–water partition coefficient (Wildman–Crippen LogP) is 4.79. The summed E-state index contributed by atoms with van der Waals surface area (Å²) in [7, 11) is 0. The highest BCUT2D eigenvalue weighted by Crippen LogP contribution is 2.47. The third-order valence-corrected chi connectivity index (χ3v) is 4.84. The normalized spacial score (nSPS) is 23.1. The molecule has 0 saturated carbocycles. The van der Waals surface area contributed by atoms with Crippen LogP contribution in [0.2, 0.25) is 0 Å². The van der Waals surface area contributed by atoms with E-state index >= 15 is 0 Å². The zero-order valence-corrected chi connectivity index (χ0v) is 13.7. The average Bonchev–Trinajstić information content (AvgIpc) is 2.62. The lowest BCUT2D eigenvalue weighted by molar-refractivity contribution is 0.400. The van der Waals surface area contributed by atoms with Gasteiger partial charge in [0.1, 0.15) is 5.75 Å². The Morgan fingerprint density at radius 2 is 2.00 bits per heavy atom. The Bertz CT molecular complexity index is 733. The number of benzene rings is 1. The van der Waals surface area contributed by atoms with Gasteiger partial charge in [-0.15, -0.1) is 0 Å². The summed E-state index contributed by atoms with van der Waals surface area (Å²) in [5.74, 6) is 0.603. The third kappa shape index (κ3) is 2.59. The first-order chi connectivity index (χ1) is 11.2. The largest absolute Gasteiger partial charge is 0.508 e. The number of pyridine rings is 1. The number of aryl methyl sites for hydroxylation is 1. The van der Waals surface area contributed by atoms with Gasteiger partial charge in [0.05, 0.1) is 11.1 Å². The van der Waals surface area contributed by atoms with Crippen LogP contribution in [0, 0.1) is 5.92 Å². The van der Waals surface area contributed by atoms with E-state index in [2.05, 4.69) is 55.3 Å². The number of hydrogen-bond acceptors (Lipinski definition) is 2. The average molecular weight is 305 g/mol. The fraction of sp³-hybridized carbons (Fsp3) is 0.286. The van der Waals surface area contributed by atoms with E-state index in [-0.39, 0.29) is 5.92 Å². The molecule has 0 amide bonds. The molecule has 0 aliphatic heterocycles. The number of aromatic hydroxyl groups is 1. The molecule has 118 valence electrons. The maximum absolute atomic E-state index is 10.6. The molecule has 1 aromatic carbocycles. The minimum Gasteiger partial charge on any atom is -0.508 e. The standard InChI is InChI=1S/C21H23NO/c1-3-16-11-12-19(23)18(15-16)21(20-10-6-8-14-22-20)13-7-5-9-17(21)4-2/h5-15,17,23H,3-4H2,1-2H3. The summed E-state index contributed by atoms with van der Waals surface area (Å²) in [5, 5.41) is 10.6. The molecule has 1 aromatic heterocycles. The van der Waals surface area contributed by atoms with E-state index in [1.54, 1.807) is 0 Å². The fourth-order valence-electron chi connectivity index (χ4n) is 3.58. The molecular formula is C21H23NO. The molecule has 1 N–H and O–H groups in total. The first-order valence-corrected chi connectivity index (χ1v) is 8.32. The van der Waals surface area contributed by atoms with Crippen molar-refractivity contribution in [2.45, 2.75) is 32.1 Å². The lowest BCUT2D eigenvalue weighted by Crippen LogP contribution is -2.35. The summed E-state index contributed by atoms with van der Waals surface area (Å²) >= 11 is 0. The van der Waals surface area contributed by atoms with Crippen molar-refractivity contribution in [1.82, 2.24) is 4.98 Å². The van der Waals surface area contributed by atoms with E-state index < -0.39 is 5.41 Å². The SMILES string of the molecule is CCc1ccc(O)c(C2(c3ccccn3)C=CC=CC2CC)c1. The molecule has 23 heavy (non-hydrogen) atoms. The van der Waals surface area contributed by atoms with Crippen LogP contribution in [0.4, 0.5) is 0 Å². The lowest BCUT2D eigenvalue weighted by atomic mass is 9.64. The van der Waals surface area contributed by atoms with Crippen molar-refractivity contribution in [3.63, 3.8) is 0 Å². The Hall–Kier alpha value is -2.35. The fourth-order valence-corrected chi connectivity index (χ4v) is 3.58. The van der Waals surface area contributed by atoms with Crippen molar-refractivity contribution >= 4 is 0 Å². The van der Waals surface area contributed by atoms with E-state index in [0.29, 0.717) is 5.75 Å². The first kappa shape index (κ1) is 15.5. The number of hydrogen-bond donors (Lipinski definition) is 1. The van der Waals surface area contributed by atoms with Gasteiger partial charge in [0.2, 0.25) is 0 Å². The summed E-state index contributed by atoms with van der Waals surface area (Å²) in [6, 6.07) is 12.0. The summed E-state index contributed by atoms with van der Waals surface area (Å²) in [6.07, 6.45) is 12.3. The molecular weight excluding hydrogens is 282 g/mol. The van der Waals surface area contributed by atoms with E-state index in [9.17, 15) is 5.11 Å². The second kappa shape index (κ2) is 6.41. The molecule has 3 rings (SSSR count). The monoisotopic (exact) mass is 305 g/mol. The number of phenols is 1. The maximum Gasteiger partial charge on any atom is 0.120 e. The van der Waals surface area contributed by atoms with Gasteiger partial charge in [-0.05, 0) is 42.5 Å². The molecule has 1 aliphatic rings. The van der Waals surface area contributed by atoms with Gasteiger partial charge in [0.15, 0.2) is 0 Å². The first-order valence-electron chi connectivity index (χ1n) is 8.32. The van der Waals surface area contributed by atoms with Gasteiger partial charge < -0.3 is 5.11 Å². The smallest absolute Gasteiger partial charge is 0.120 e. The molecule has 0 spiro atoms. The van der Waals surface area contributed by atoms with Crippen LogP contribution < -0.4 is 0 Å². The summed E-state index contributed by atoms with van der Waals surface area (Å²) in [5.41, 5.74) is 2.74. The molecule has 1 aliphatic carbocycles. The second-order valence-corrected chi connectivity index (χ2v) is 6.05. The van der Waals surface area contributed by atoms with Gasteiger partial charge in [0, 0.05) is 11.8 Å². The Kier molecular flexibility index (Phi) is 4.33. The van der Waals surface area contributed by atoms with Crippen LogP contribution in [-0.4, -0.2) is 10.1 Å². The Morgan fingerprint density at radius 1 is 1.13 bits per heavy atom. The zero-order chi connectivity index (χ0) is 16.3. The molecule has 0 saturated heterocycles.